The second-order valence-corrected chi connectivity index (χ2v) is 6.08. The normalized spacial score (nSPS) is 13.7. The number of hydrogen-bond donors (Lipinski definition) is 2. The minimum atomic E-state index is 0.538. The van der Waals surface area contributed by atoms with Gasteiger partial charge in [-0.15, -0.1) is 0 Å². The number of nitrogens with one attached hydrogen (secondary N) is 2. The number of fused-ring (bicyclic) bond motifs is 1. The number of benzene rings is 2. The smallest absolute Gasteiger partial charge is 0.0423 e. The molecule has 21 heavy (non-hydrogen) atoms. The Hall–Kier alpha value is -1.96. The number of hydrogen-bond acceptors (Lipinski definition) is 2. The summed E-state index contributed by atoms with van der Waals surface area (Å²) in [5, 5.41) is 7.19. The second-order valence-electron chi connectivity index (χ2n) is 6.08. The lowest BCUT2D eigenvalue weighted by atomic mass is 9.98. The van der Waals surface area contributed by atoms with Gasteiger partial charge in [0.2, 0.25) is 0 Å². The van der Waals surface area contributed by atoms with Crippen molar-refractivity contribution >= 4 is 11.4 Å². The molecule has 0 amide bonds. The van der Waals surface area contributed by atoms with Crippen LogP contribution in [0.25, 0.3) is 0 Å². The van der Waals surface area contributed by atoms with E-state index in [-0.39, 0.29) is 0 Å². The lowest BCUT2D eigenvalue weighted by Gasteiger charge is -2.22. The zero-order chi connectivity index (χ0) is 14.7. The summed E-state index contributed by atoms with van der Waals surface area (Å²) in [6.45, 7) is 6.45. The van der Waals surface area contributed by atoms with Crippen molar-refractivity contribution in [3.05, 3.63) is 59.2 Å². The molecule has 2 N–H and O–H groups in total. The summed E-state index contributed by atoms with van der Waals surface area (Å²) in [6.07, 6.45) is 2.43. The molecule has 2 nitrogen and oxygen atoms in total. The van der Waals surface area contributed by atoms with Crippen LogP contribution in [-0.4, -0.2) is 6.54 Å². The predicted molar refractivity (Wildman–Crippen MR) is 91.1 cm³/mol. The first-order chi connectivity index (χ1) is 10.3. The third-order valence-corrected chi connectivity index (χ3v) is 4.21. The fourth-order valence-corrected chi connectivity index (χ4v) is 3.08. The summed E-state index contributed by atoms with van der Waals surface area (Å²) >= 11 is 0. The molecule has 0 bridgehead atoms. The summed E-state index contributed by atoms with van der Waals surface area (Å²) in [6, 6.07) is 15.3. The topological polar surface area (TPSA) is 24.1 Å². The Morgan fingerprint density at radius 1 is 1.10 bits per heavy atom. The molecular formula is C19H24N2. The Bertz CT molecular complexity index is 617. The van der Waals surface area contributed by atoms with Crippen LogP contribution < -0.4 is 10.6 Å². The van der Waals surface area contributed by atoms with Gasteiger partial charge in [-0.05, 0) is 41.5 Å². The Labute approximate surface area is 127 Å². The van der Waals surface area contributed by atoms with E-state index >= 15 is 0 Å². The molecule has 0 unspecified atom stereocenters. The van der Waals surface area contributed by atoms with Gasteiger partial charge in [-0.1, -0.05) is 50.2 Å². The molecule has 0 fully saturated rings. The SMILES string of the molecule is CC(C)c1ccccc1NCc1cccc2c1NCCC2. The molecule has 0 aliphatic carbocycles. The first-order valence-electron chi connectivity index (χ1n) is 7.93. The highest BCUT2D eigenvalue weighted by Crippen LogP contribution is 2.28. The first kappa shape index (κ1) is 14.0. The molecule has 1 aliphatic rings. The van der Waals surface area contributed by atoms with Crippen LogP contribution in [0.5, 0.6) is 0 Å². The molecule has 2 aromatic carbocycles. The van der Waals surface area contributed by atoms with E-state index in [1.54, 1.807) is 0 Å². The summed E-state index contributed by atoms with van der Waals surface area (Å²) in [5.41, 5.74) is 6.80. The number of para-hydroxylation sites is 2. The van der Waals surface area contributed by atoms with Gasteiger partial charge in [-0.3, -0.25) is 0 Å². The van der Waals surface area contributed by atoms with E-state index in [2.05, 4.69) is 66.9 Å². The largest absolute Gasteiger partial charge is 0.385 e. The van der Waals surface area contributed by atoms with Crippen molar-refractivity contribution in [1.82, 2.24) is 0 Å². The molecule has 0 spiro atoms. The predicted octanol–water partition coefficient (Wildman–Crippen LogP) is 4.78. The van der Waals surface area contributed by atoms with Crippen LogP contribution in [0, 0.1) is 0 Å². The number of anilines is 2. The maximum absolute atomic E-state index is 3.62. The molecule has 110 valence electrons. The fourth-order valence-electron chi connectivity index (χ4n) is 3.08. The maximum atomic E-state index is 3.62. The highest BCUT2D eigenvalue weighted by molar-refractivity contribution is 5.61. The molecule has 0 atom stereocenters. The molecule has 0 aromatic heterocycles. The Balaban J connectivity index is 1.80. The number of rotatable bonds is 4. The fraction of sp³-hybridized carbons (Fsp3) is 0.368. The van der Waals surface area contributed by atoms with Crippen molar-refractivity contribution in [2.75, 3.05) is 17.2 Å². The third-order valence-electron chi connectivity index (χ3n) is 4.21. The van der Waals surface area contributed by atoms with Gasteiger partial charge in [-0.25, -0.2) is 0 Å². The highest BCUT2D eigenvalue weighted by atomic mass is 14.9. The molecule has 3 rings (SSSR count). The molecule has 0 saturated carbocycles. The minimum Gasteiger partial charge on any atom is -0.385 e. The second kappa shape index (κ2) is 6.21. The quantitative estimate of drug-likeness (QED) is 0.842. The van der Waals surface area contributed by atoms with Gasteiger partial charge in [0.05, 0.1) is 0 Å². The third kappa shape index (κ3) is 3.05. The van der Waals surface area contributed by atoms with E-state index in [1.165, 1.54) is 40.9 Å². The van der Waals surface area contributed by atoms with Crippen molar-refractivity contribution in [2.24, 2.45) is 0 Å². The van der Waals surface area contributed by atoms with E-state index in [0.717, 1.165) is 13.1 Å². The van der Waals surface area contributed by atoms with Crippen molar-refractivity contribution in [1.29, 1.82) is 0 Å². The van der Waals surface area contributed by atoms with E-state index in [0.29, 0.717) is 5.92 Å². The molecule has 1 heterocycles. The van der Waals surface area contributed by atoms with Crippen LogP contribution in [0.1, 0.15) is 42.9 Å². The lowest BCUT2D eigenvalue weighted by molar-refractivity contribution is 0.824. The first-order valence-corrected chi connectivity index (χ1v) is 7.93. The van der Waals surface area contributed by atoms with Gasteiger partial charge in [0.25, 0.3) is 0 Å². The van der Waals surface area contributed by atoms with E-state index < -0.39 is 0 Å². The zero-order valence-electron chi connectivity index (χ0n) is 12.9. The van der Waals surface area contributed by atoms with Gasteiger partial charge in [-0.2, -0.15) is 0 Å². The van der Waals surface area contributed by atoms with Crippen LogP contribution in [0.4, 0.5) is 11.4 Å². The van der Waals surface area contributed by atoms with Crippen molar-refractivity contribution in [3.8, 4) is 0 Å². The zero-order valence-corrected chi connectivity index (χ0v) is 12.9. The van der Waals surface area contributed by atoms with Crippen molar-refractivity contribution in [2.45, 2.75) is 39.2 Å². The Morgan fingerprint density at radius 2 is 1.95 bits per heavy atom. The minimum absolute atomic E-state index is 0.538. The molecular weight excluding hydrogens is 256 g/mol. The monoisotopic (exact) mass is 280 g/mol. The van der Waals surface area contributed by atoms with Gasteiger partial charge in [0, 0.05) is 24.5 Å². The van der Waals surface area contributed by atoms with Crippen LogP contribution in [-0.2, 0) is 13.0 Å². The van der Waals surface area contributed by atoms with E-state index in [1.807, 2.05) is 0 Å². The molecule has 2 aromatic rings. The lowest BCUT2D eigenvalue weighted by Crippen LogP contribution is -2.15. The van der Waals surface area contributed by atoms with Crippen LogP contribution in [0.2, 0.25) is 0 Å². The average Bonchev–Trinajstić information content (AvgIpc) is 2.53. The number of aryl methyl sites for hydroxylation is 1. The Kier molecular flexibility index (Phi) is 4.14. The van der Waals surface area contributed by atoms with E-state index in [4.69, 9.17) is 0 Å². The average molecular weight is 280 g/mol. The van der Waals surface area contributed by atoms with Crippen LogP contribution in [0.3, 0.4) is 0 Å². The summed E-state index contributed by atoms with van der Waals surface area (Å²) in [4.78, 5) is 0. The molecule has 0 radical (unpaired) electrons. The van der Waals surface area contributed by atoms with Crippen molar-refractivity contribution < 1.29 is 0 Å². The summed E-state index contributed by atoms with van der Waals surface area (Å²) < 4.78 is 0. The van der Waals surface area contributed by atoms with Gasteiger partial charge in [0.1, 0.15) is 0 Å². The Morgan fingerprint density at radius 3 is 2.81 bits per heavy atom. The highest BCUT2D eigenvalue weighted by Gasteiger charge is 2.12. The molecule has 0 saturated heterocycles. The van der Waals surface area contributed by atoms with Crippen LogP contribution >= 0.6 is 0 Å². The van der Waals surface area contributed by atoms with Crippen molar-refractivity contribution in [3.63, 3.8) is 0 Å². The van der Waals surface area contributed by atoms with Gasteiger partial charge < -0.3 is 10.6 Å². The van der Waals surface area contributed by atoms with Gasteiger partial charge >= 0.3 is 0 Å². The maximum Gasteiger partial charge on any atom is 0.0423 e. The summed E-state index contributed by atoms with van der Waals surface area (Å²) in [5.74, 6) is 0.538. The molecule has 1 aliphatic heterocycles. The van der Waals surface area contributed by atoms with Crippen LogP contribution in [0.15, 0.2) is 42.5 Å². The standard InChI is InChI=1S/C19H24N2/c1-14(2)17-10-3-4-11-18(17)21-13-16-8-5-7-15-9-6-12-20-19(15)16/h3-5,7-8,10-11,14,20-21H,6,9,12-13H2,1-2H3. The molecule has 2 heteroatoms. The van der Waals surface area contributed by atoms with E-state index in [9.17, 15) is 0 Å². The van der Waals surface area contributed by atoms with Gasteiger partial charge in [0.15, 0.2) is 0 Å². The summed E-state index contributed by atoms with van der Waals surface area (Å²) in [7, 11) is 0.